The topological polar surface area (TPSA) is 52.6 Å². The standard InChI is InChI=1S/C12H16F2N2O2S/c1-16(6-7-17)8-11(18)15-9-2-4-10(5-3-9)19-12(13)14/h2-5,12,17H,6-8H2,1H3,(H,15,18). The van der Waals surface area contributed by atoms with Crippen molar-refractivity contribution in [3.05, 3.63) is 24.3 Å². The molecule has 0 aliphatic rings. The van der Waals surface area contributed by atoms with Crippen molar-refractivity contribution in [1.82, 2.24) is 4.90 Å². The number of rotatable bonds is 7. The van der Waals surface area contributed by atoms with Crippen LogP contribution in [0.4, 0.5) is 14.5 Å². The maximum atomic E-state index is 12.1. The number of hydrogen-bond donors (Lipinski definition) is 2. The fourth-order valence-electron chi connectivity index (χ4n) is 1.42. The summed E-state index contributed by atoms with van der Waals surface area (Å²) in [6.07, 6.45) is 0. The van der Waals surface area contributed by atoms with Crippen LogP contribution in [0.2, 0.25) is 0 Å². The Hall–Kier alpha value is -1.18. The third-order valence-electron chi connectivity index (χ3n) is 2.26. The van der Waals surface area contributed by atoms with Crippen molar-refractivity contribution >= 4 is 23.4 Å². The molecule has 0 aliphatic heterocycles. The third-order valence-corrected chi connectivity index (χ3v) is 2.98. The number of aliphatic hydroxyl groups is 1. The predicted octanol–water partition coefficient (Wildman–Crippen LogP) is 1.86. The molecule has 1 amide bonds. The van der Waals surface area contributed by atoms with Crippen LogP contribution in [0.3, 0.4) is 0 Å². The van der Waals surface area contributed by atoms with Crippen molar-refractivity contribution in [1.29, 1.82) is 0 Å². The zero-order valence-corrected chi connectivity index (χ0v) is 11.3. The number of amides is 1. The summed E-state index contributed by atoms with van der Waals surface area (Å²) in [7, 11) is 1.72. The van der Waals surface area contributed by atoms with Crippen molar-refractivity contribution in [3.63, 3.8) is 0 Å². The normalized spacial score (nSPS) is 11.1. The lowest BCUT2D eigenvalue weighted by Gasteiger charge is -2.14. The van der Waals surface area contributed by atoms with Gasteiger partial charge < -0.3 is 10.4 Å². The van der Waals surface area contributed by atoms with E-state index in [1.807, 2.05) is 0 Å². The average molecular weight is 290 g/mol. The van der Waals surface area contributed by atoms with Gasteiger partial charge in [0.2, 0.25) is 5.91 Å². The first kappa shape index (κ1) is 15.9. The first-order chi connectivity index (χ1) is 9.01. The molecular weight excluding hydrogens is 274 g/mol. The summed E-state index contributed by atoms with van der Waals surface area (Å²) >= 11 is 0.461. The molecule has 1 aromatic rings. The van der Waals surface area contributed by atoms with Crippen LogP contribution in [-0.2, 0) is 4.79 Å². The predicted molar refractivity (Wildman–Crippen MR) is 71.5 cm³/mol. The summed E-state index contributed by atoms with van der Waals surface area (Å²) in [5.74, 6) is -2.67. The monoisotopic (exact) mass is 290 g/mol. The average Bonchev–Trinajstić information content (AvgIpc) is 2.31. The fraction of sp³-hybridized carbons (Fsp3) is 0.417. The maximum absolute atomic E-state index is 12.1. The molecule has 0 saturated heterocycles. The van der Waals surface area contributed by atoms with Crippen molar-refractivity contribution in [2.75, 3.05) is 32.1 Å². The van der Waals surface area contributed by atoms with Gasteiger partial charge in [0.1, 0.15) is 0 Å². The Bertz CT molecular complexity index is 401. The van der Waals surface area contributed by atoms with Crippen LogP contribution in [0.5, 0.6) is 0 Å². The molecule has 0 bridgehead atoms. The molecule has 0 heterocycles. The minimum atomic E-state index is -2.45. The molecule has 0 saturated carbocycles. The zero-order valence-electron chi connectivity index (χ0n) is 10.5. The number of benzene rings is 1. The molecule has 0 unspecified atom stereocenters. The van der Waals surface area contributed by atoms with Crippen LogP contribution in [0.25, 0.3) is 0 Å². The summed E-state index contributed by atoms with van der Waals surface area (Å²) in [6, 6.07) is 6.22. The largest absolute Gasteiger partial charge is 0.395 e. The number of anilines is 1. The number of aliphatic hydroxyl groups excluding tert-OH is 1. The molecule has 0 atom stereocenters. The number of hydrogen-bond acceptors (Lipinski definition) is 4. The van der Waals surface area contributed by atoms with Gasteiger partial charge >= 0.3 is 0 Å². The number of nitrogens with zero attached hydrogens (tertiary/aromatic N) is 1. The highest BCUT2D eigenvalue weighted by Crippen LogP contribution is 2.26. The number of alkyl halides is 2. The number of halogens is 2. The second kappa shape index (κ2) is 8.08. The van der Waals surface area contributed by atoms with Crippen molar-refractivity contribution in [3.8, 4) is 0 Å². The quantitative estimate of drug-likeness (QED) is 0.753. The van der Waals surface area contributed by atoms with E-state index >= 15 is 0 Å². The Morgan fingerprint density at radius 1 is 1.42 bits per heavy atom. The van der Waals surface area contributed by atoms with Gasteiger partial charge in [-0.25, -0.2) is 0 Å². The first-order valence-corrected chi connectivity index (χ1v) is 6.53. The Morgan fingerprint density at radius 3 is 2.58 bits per heavy atom. The molecule has 0 fully saturated rings. The SMILES string of the molecule is CN(CCO)CC(=O)Nc1ccc(SC(F)F)cc1. The molecule has 0 spiro atoms. The highest BCUT2D eigenvalue weighted by molar-refractivity contribution is 7.99. The van der Waals surface area contributed by atoms with E-state index in [4.69, 9.17) is 5.11 Å². The molecule has 0 aliphatic carbocycles. The number of likely N-dealkylation sites (N-methyl/N-ethyl adjacent to an activating group) is 1. The molecule has 106 valence electrons. The molecule has 19 heavy (non-hydrogen) atoms. The van der Waals surface area contributed by atoms with Crippen LogP contribution in [0.15, 0.2) is 29.2 Å². The van der Waals surface area contributed by atoms with Crippen LogP contribution < -0.4 is 5.32 Å². The van der Waals surface area contributed by atoms with E-state index in [9.17, 15) is 13.6 Å². The highest BCUT2D eigenvalue weighted by Gasteiger charge is 2.08. The minimum Gasteiger partial charge on any atom is -0.395 e. The summed E-state index contributed by atoms with van der Waals surface area (Å²) < 4.78 is 24.2. The van der Waals surface area contributed by atoms with Gasteiger partial charge in [-0.05, 0) is 31.3 Å². The van der Waals surface area contributed by atoms with Gasteiger partial charge in [-0.15, -0.1) is 0 Å². The fourth-order valence-corrected chi connectivity index (χ4v) is 1.91. The molecule has 2 N–H and O–H groups in total. The summed E-state index contributed by atoms with van der Waals surface area (Å²) in [6.45, 7) is 0.564. The minimum absolute atomic E-state index is 0.0106. The van der Waals surface area contributed by atoms with E-state index in [1.54, 1.807) is 24.1 Å². The molecule has 0 radical (unpaired) electrons. The number of thioether (sulfide) groups is 1. The Labute approximate surface area is 114 Å². The lowest BCUT2D eigenvalue weighted by molar-refractivity contribution is -0.117. The Kier molecular flexibility index (Phi) is 6.75. The number of carbonyl (C=O) groups excluding carboxylic acids is 1. The second-order valence-corrected chi connectivity index (χ2v) is 4.98. The van der Waals surface area contributed by atoms with Crippen LogP contribution in [0.1, 0.15) is 0 Å². The molecule has 4 nitrogen and oxygen atoms in total. The van der Waals surface area contributed by atoms with E-state index < -0.39 is 5.76 Å². The summed E-state index contributed by atoms with van der Waals surface area (Å²) in [5, 5.41) is 11.4. The van der Waals surface area contributed by atoms with E-state index in [0.29, 0.717) is 28.9 Å². The van der Waals surface area contributed by atoms with E-state index in [-0.39, 0.29) is 19.1 Å². The van der Waals surface area contributed by atoms with Gasteiger partial charge in [0, 0.05) is 17.1 Å². The van der Waals surface area contributed by atoms with Crippen molar-refractivity contribution in [2.24, 2.45) is 0 Å². The lowest BCUT2D eigenvalue weighted by Crippen LogP contribution is -2.32. The van der Waals surface area contributed by atoms with E-state index in [1.165, 1.54) is 12.1 Å². The maximum Gasteiger partial charge on any atom is 0.288 e. The molecule has 7 heteroatoms. The zero-order chi connectivity index (χ0) is 14.3. The van der Waals surface area contributed by atoms with Gasteiger partial charge in [0.25, 0.3) is 5.76 Å². The van der Waals surface area contributed by atoms with Gasteiger partial charge in [-0.3, -0.25) is 9.69 Å². The van der Waals surface area contributed by atoms with Crippen LogP contribution in [-0.4, -0.2) is 48.4 Å². The first-order valence-electron chi connectivity index (χ1n) is 5.65. The van der Waals surface area contributed by atoms with Gasteiger partial charge in [0.15, 0.2) is 0 Å². The molecule has 0 aromatic heterocycles. The van der Waals surface area contributed by atoms with Crippen LogP contribution >= 0.6 is 11.8 Å². The molecule has 1 aromatic carbocycles. The van der Waals surface area contributed by atoms with Gasteiger partial charge in [-0.1, -0.05) is 11.8 Å². The Morgan fingerprint density at radius 2 is 2.05 bits per heavy atom. The lowest BCUT2D eigenvalue weighted by atomic mass is 10.3. The summed E-state index contributed by atoms with van der Waals surface area (Å²) in [4.78, 5) is 13.7. The number of carbonyl (C=O) groups is 1. The molecular formula is C12H16F2N2O2S. The third kappa shape index (κ3) is 6.51. The van der Waals surface area contributed by atoms with Gasteiger partial charge in [-0.2, -0.15) is 8.78 Å². The van der Waals surface area contributed by atoms with E-state index in [2.05, 4.69) is 5.32 Å². The van der Waals surface area contributed by atoms with Gasteiger partial charge in [0.05, 0.1) is 13.2 Å². The van der Waals surface area contributed by atoms with Crippen molar-refractivity contribution in [2.45, 2.75) is 10.7 Å². The number of nitrogens with one attached hydrogen (secondary N) is 1. The second-order valence-electron chi connectivity index (χ2n) is 3.91. The smallest absolute Gasteiger partial charge is 0.288 e. The van der Waals surface area contributed by atoms with Crippen molar-refractivity contribution < 1.29 is 18.7 Å². The highest BCUT2D eigenvalue weighted by atomic mass is 32.2. The Balaban J connectivity index is 2.46. The van der Waals surface area contributed by atoms with Crippen LogP contribution in [0, 0.1) is 0 Å². The molecule has 1 rings (SSSR count). The van der Waals surface area contributed by atoms with E-state index in [0.717, 1.165) is 0 Å². The summed E-state index contributed by atoms with van der Waals surface area (Å²) in [5.41, 5.74) is 0.556.